The van der Waals surface area contributed by atoms with Crippen molar-refractivity contribution < 1.29 is 42.9 Å². The van der Waals surface area contributed by atoms with Crippen LogP contribution in [0.25, 0.3) is 5.57 Å². The molecule has 6 aromatic carbocycles. The Labute approximate surface area is 513 Å². The maximum Gasteiger partial charge on any atom is 0.330 e. The normalized spacial score (nSPS) is 11.0. The molecule has 0 spiro atoms. The van der Waals surface area contributed by atoms with Gasteiger partial charge in [0.2, 0.25) is 0 Å². The van der Waals surface area contributed by atoms with Crippen molar-refractivity contribution in [2.45, 2.75) is 97.8 Å². The largest absolute Gasteiger partial charge is 0.492 e. The van der Waals surface area contributed by atoms with Gasteiger partial charge in [-0.3, -0.25) is 9.59 Å². The van der Waals surface area contributed by atoms with Gasteiger partial charge in [0, 0.05) is 83.4 Å². The molecule has 0 unspecified atom stereocenters. The lowest BCUT2D eigenvalue weighted by Gasteiger charge is -2.25. The molecule has 0 bridgehead atoms. The number of carbonyl (C=O) groups excluding carboxylic acids is 5. The van der Waals surface area contributed by atoms with Crippen molar-refractivity contribution in [1.82, 2.24) is 9.80 Å². The minimum atomic E-state index is -0.499. The van der Waals surface area contributed by atoms with Crippen LogP contribution in [-0.2, 0) is 33.4 Å². The molecule has 0 aromatic heterocycles. The Balaban J connectivity index is 0.000000364. The van der Waals surface area contributed by atoms with E-state index in [0.717, 1.165) is 71.7 Å². The topological polar surface area (TPSA) is 129 Å². The summed E-state index contributed by atoms with van der Waals surface area (Å²) in [6, 6.07) is 48.0. The molecule has 0 atom stereocenters. The van der Waals surface area contributed by atoms with Crippen molar-refractivity contribution in [2.24, 2.45) is 0 Å². The summed E-state index contributed by atoms with van der Waals surface area (Å²) in [6.45, 7) is 9.63. The number of benzene rings is 6. The minimum absolute atomic E-state index is 0. The number of halogens is 4. The predicted molar refractivity (Wildman–Crippen MR) is 340 cm³/mol. The molecule has 0 amide bonds. The van der Waals surface area contributed by atoms with Gasteiger partial charge in [0.1, 0.15) is 48.5 Å². The van der Waals surface area contributed by atoms with Crippen molar-refractivity contribution in [3.63, 3.8) is 0 Å². The van der Waals surface area contributed by atoms with Crippen LogP contribution in [0.4, 0.5) is 0 Å². The van der Waals surface area contributed by atoms with Crippen LogP contribution in [-0.4, -0.2) is 107 Å². The lowest BCUT2D eigenvalue weighted by Crippen LogP contribution is -2.29. The van der Waals surface area contributed by atoms with Crippen LogP contribution in [0.3, 0.4) is 0 Å². The monoisotopic (exact) mass is 1210 g/mol. The van der Waals surface area contributed by atoms with Crippen molar-refractivity contribution in [3.05, 3.63) is 205 Å². The number of likely N-dealkylation sites (N-methyl/N-ethyl adjacent to an activating group) is 2. The highest BCUT2D eigenvalue weighted by Crippen LogP contribution is 2.30. The second kappa shape index (κ2) is 39.3. The molecule has 83 heavy (non-hydrogen) atoms. The van der Waals surface area contributed by atoms with Gasteiger partial charge in [0.15, 0.2) is 0 Å². The first-order valence-electron chi connectivity index (χ1n) is 27.5. The van der Waals surface area contributed by atoms with E-state index in [9.17, 15) is 24.0 Å². The second-order valence-electron chi connectivity index (χ2n) is 20.2. The van der Waals surface area contributed by atoms with Gasteiger partial charge < -0.3 is 38.3 Å². The summed E-state index contributed by atoms with van der Waals surface area (Å²) < 4.78 is 21.1. The number of methoxy groups -OCH3 is 2. The Hall–Kier alpha value is -6.31. The first kappa shape index (κ1) is 71.0. The van der Waals surface area contributed by atoms with Crippen LogP contribution < -0.4 is 9.47 Å². The zero-order valence-corrected chi connectivity index (χ0v) is 51.3. The van der Waals surface area contributed by atoms with Crippen molar-refractivity contribution in [1.29, 1.82) is 0 Å². The van der Waals surface area contributed by atoms with Crippen LogP contribution in [0.15, 0.2) is 152 Å². The Morgan fingerprint density at radius 2 is 0.831 bits per heavy atom. The van der Waals surface area contributed by atoms with Gasteiger partial charge in [-0.25, -0.2) is 4.79 Å². The van der Waals surface area contributed by atoms with Crippen LogP contribution in [0, 0.1) is 6.92 Å². The molecule has 0 radical (unpaired) electrons. The van der Waals surface area contributed by atoms with Gasteiger partial charge in [-0.05, 0) is 173 Å². The summed E-state index contributed by atoms with van der Waals surface area (Å²) in [7, 11) is 6.83. The zero-order chi connectivity index (χ0) is 59.8. The summed E-state index contributed by atoms with van der Waals surface area (Å²) in [5.41, 5.74) is 7.90. The molecular weight excluding hydrogens is 1130 g/mol. The maximum atomic E-state index is 11.9. The number of unbranched alkanes of at least 4 members (excludes halogenated alkanes) is 2. The van der Waals surface area contributed by atoms with E-state index in [-0.39, 0.29) is 49.0 Å². The number of hydrogen-bond acceptors (Lipinski definition) is 11. The molecule has 0 aliphatic rings. The number of carbonyl (C=O) groups is 5. The summed E-state index contributed by atoms with van der Waals surface area (Å²) in [4.78, 5) is 60.0. The summed E-state index contributed by atoms with van der Waals surface area (Å²) in [5, 5.41) is 2.93. The molecule has 0 aliphatic heterocycles. The highest BCUT2D eigenvalue weighted by Gasteiger charge is 2.19. The fraction of sp³-hybridized carbons (Fsp3) is 0.368. The smallest absolute Gasteiger partial charge is 0.330 e. The van der Waals surface area contributed by atoms with Crippen LogP contribution >= 0.6 is 46.4 Å². The van der Waals surface area contributed by atoms with Gasteiger partial charge >= 0.3 is 11.9 Å². The molecule has 0 heterocycles. The number of Topliss-reactive ketones (excluding diaryl/α,β-unsaturated/α-hetero) is 3. The molecule has 15 heteroatoms. The Kier molecular flexibility index (Phi) is 33.6. The zero-order valence-electron chi connectivity index (χ0n) is 48.3. The number of hydrogen-bond donors (Lipinski definition) is 0. The number of rotatable bonds is 30. The number of ketones is 3. The van der Waals surface area contributed by atoms with Gasteiger partial charge in [0.05, 0.1) is 14.2 Å². The quantitative estimate of drug-likeness (QED) is 0.0185. The van der Waals surface area contributed by atoms with E-state index >= 15 is 0 Å². The molecule has 6 rings (SSSR count). The average molecular weight is 1210 g/mol. The van der Waals surface area contributed by atoms with Crippen LogP contribution in [0.2, 0.25) is 20.1 Å². The van der Waals surface area contributed by atoms with E-state index in [2.05, 4.69) is 96.2 Å². The van der Waals surface area contributed by atoms with E-state index in [1.807, 2.05) is 84.9 Å². The van der Waals surface area contributed by atoms with Gasteiger partial charge in [0.25, 0.3) is 0 Å². The number of allylic oxidation sites excluding steroid dienone is 1. The molecule has 0 saturated carbocycles. The molecule has 446 valence electrons. The van der Waals surface area contributed by atoms with Crippen molar-refractivity contribution in [3.8, 4) is 11.5 Å². The number of aryl methyl sites for hydroxylation is 1. The first-order valence-corrected chi connectivity index (χ1v) is 29.0. The van der Waals surface area contributed by atoms with E-state index in [1.165, 1.54) is 55.0 Å². The lowest BCUT2D eigenvalue weighted by molar-refractivity contribution is -0.143. The molecular formula is C68H82Cl4N2O9. The minimum Gasteiger partial charge on any atom is -0.492 e. The second-order valence-corrected chi connectivity index (χ2v) is 21.9. The summed E-state index contributed by atoms with van der Waals surface area (Å²) >= 11 is 24.4. The SMILES string of the molecule is C.COC(=O)C=C(CCCCC(C)=O)c1ccc(OCCN(C)CC(c2ccc(Cl)cc2)c2ccc(Cl)cc2)cc1.COC(=O)CC(=O)CCCCC(C)=O.Cc1ccc(OCCN(C)CC(c2ccc(Cl)cc2)c2ccc(Cl)cc2)cc1. The van der Waals surface area contributed by atoms with E-state index in [1.54, 1.807) is 6.92 Å². The van der Waals surface area contributed by atoms with E-state index in [4.69, 9.17) is 60.6 Å². The molecule has 6 aromatic rings. The van der Waals surface area contributed by atoms with E-state index < -0.39 is 5.97 Å². The maximum absolute atomic E-state index is 11.9. The highest BCUT2D eigenvalue weighted by molar-refractivity contribution is 6.31. The Bertz CT molecular complexity index is 2810. The third-order valence-corrected chi connectivity index (χ3v) is 14.3. The fourth-order valence-electron chi connectivity index (χ4n) is 8.64. The molecule has 0 fully saturated rings. The number of ether oxygens (including phenoxy) is 4. The molecule has 0 saturated heterocycles. The van der Waals surface area contributed by atoms with Crippen molar-refractivity contribution in [2.75, 3.05) is 67.7 Å². The lowest BCUT2D eigenvalue weighted by atomic mass is 9.91. The van der Waals surface area contributed by atoms with Crippen molar-refractivity contribution >= 4 is 81.3 Å². The average Bonchev–Trinajstić information content (AvgIpc) is 3.49. The van der Waals surface area contributed by atoms with E-state index in [0.29, 0.717) is 61.8 Å². The predicted octanol–water partition coefficient (Wildman–Crippen LogP) is 16.2. The molecule has 11 nitrogen and oxygen atoms in total. The highest BCUT2D eigenvalue weighted by atomic mass is 35.5. The van der Waals surface area contributed by atoms with Gasteiger partial charge in [-0.15, -0.1) is 0 Å². The summed E-state index contributed by atoms with van der Waals surface area (Å²) in [5.74, 6) is 1.36. The first-order chi connectivity index (χ1) is 39.3. The number of nitrogens with zero attached hydrogens (tertiary/aromatic N) is 2. The van der Waals surface area contributed by atoms with Crippen LogP contribution in [0.1, 0.15) is 124 Å². The fourth-order valence-corrected chi connectivity index (χ4v) is 9.14. The molecule has 0 aliphatic carbocycles. The van der Waals surface area contributed by atoms with Gasteiger partial charge in [-0.2, -0.15) is 0 Å². The Morgan fingerprint density at radius 3 is 1.18 bits per heavy atom. The number of esters is 2. The third kappa shape index (κ3) is 28.7. The standard InChI is InChI=1S/C33H37Cl2NO4.C24H25Cl2NO.C10H16O4.CH4/c1-24(37)6-4-5-7-28(22-33(38)39-3)25-12-18-31(19-13-25)40-21-20-36(2)23-32(26-8-14-29(34)15-9-26)27-10-16-30(35)17-11-27;1-18-3-13-23(14-4-18)28-16-15-27(2)17-24(19-5-9-21(25)10-6-19)20-7-11-22(26)12-8-20;1-8(11)5-3-4-6-9(12)7-10(13)14-2;/h8-19,22,32H,4-7,20-21,23H2,1-3H3;3-14,24H,15-17H2,1-2H3;3-7H2,1-2H3;1H4. The van der Waals surface area contributed by atoms with Gasteiger partial charge in [-0.1, -0.05) is 132 Å². The molecule has 0 N–H and O–H groups in total. The van der Waals surface area contributed by atoms with Crippen LogP contribution in [0.5, 0.6) is 11.5 Å². The summed E-state index contributed by atoms with van der Waals surface area (Å²) in [6.07, 6.45) is 6.45. The Morgan fingerprint density at radius 1 is 0.482 bits per heavy atom. The third-order valence-electron chi connectivity index (χ3n) is 13.3.